The van der Waals surface area contributed by atoms with Crippen molar-refractivity contribution in [1.82, 2.24) is 4.57 Å². The first kappa shape index (κ1) is 38.6. The Morgan fingerprint density at radius 1 is 0.338 bits per heavy atom. The van der Waals surface area contributed by atoms with Crippen molar-refractivity contribution in [3.63, 3.8) is 0 Å². The summed E-state index contributed by atoms with van der Waals surface area (Å²) in [5, 5.41) is 9.72. The average molecular weight is 885 g/mol. The number of thiophene rings is 1. The van der Waals surface area contributed by atoms with E-state index in [9.17, 15) is 0 Å². The van der Waals surface area contributed by atoms with Crippen LogP contribution in [0.2, 0.25) is 0 Å². The fourth-order valence-corrected chi connectivity index (χ4v) is 11.6. The summed E-state index contributed by atoms with van der Waals surface area (Å²) in [6.45, 7) is 0. The third-order valence-electron chi connectivity index (χ3n) is 13.8. The molecule has 3 heterocycles. The van der Waals surface area contributed by atoms with Crippen LogP contribution in [0.4, 0.5) is 17.1 Å². The zero-order valence-corrected chi connectivity index (χ0v) is 37.6. The monoisotopic (exact) mass is 884 g/mol. The van der Waals surface area contributed by atoms with Gasteiger partial charge < -0.3 is 13.9 Å². The average Bonchev–Trinajstić information content (AvgIpc) is 4.08. The van der Waals surface area contributed by atoms with Gasteiger partial charge in [0.05, 0.1) is 11.0 Å². The molecular formula is C64H40N2OS. The lowest BCUT2D eigenvalue weighted by atomic mass is 9.98. The molecule has 3 nitrogen and oxygen atoms in total. The van der Waals surface area contributed by atoms with Crippen molar-refractivity contribution in [1.29, 1.82) is 0 Å². The molecule has 0 aliphatic carbocycles. The molecule has 0 aliphatic heterocycles. The molecule has 0 aliphatic rings. The van der Waals surface area contributed by atoms with Crippen LogP contribution in [0.15, 0.2) is 247 Å². The summed E-state index contributed by atoms with van der Waals surface area (Å²) in [6, 6.07) is 88.3. The van der Waals surface area contributed by atoms with Gasteiger partial charge in [-0.15, -0.1) is 11.3 Å². The summed E-state index contributed by atoms with van der Waals surface area (Å²) in [4.78, 5) is 2.40. The van der Waals surface area contributed by atoms with Crippen LogP contribution in [-0.2, 0) is 0 Å². The van der Waals surface area contributed by atoms with Gasteiger partial charge in [0.25, 0.3) is 0 Å². The van der Waals surface area contributed by atoms with Crippen LogP contribution in [0.3, 0.4) is 0 Å². The first-order valence-corrected chi connectivity index (χ1v) is 24.0. The maximum absolute atomic E-state index is 6.81. The molecule has 0 amide bonds. The fraction of sp³-hybridized carbons (Fsp3) is 0. The second-order valence-electron chi connectivity index (χ2n) is 17.7. The predicted octanol–water partition coefficient (Wildman–Crippen LogP) is 18.7. The van der Waals surface area contributed by atoms with Gasteiger partial charge in [-0.05, 0) is 130 Å². The molecule has 3 aromatic heterocycles. The number of fused-ring (bicyclic) bond motifs is 10. The smallest absolute Gasteiger partial charge is 0.143 e. The van der Waals surface area contributed by atoms with Crippen LogP contribution in [0, 0.1) is 0 Å². The summed E-state index contributed by atoms with van der Waals surface area (Å²) >= 11 is 1.85. The number of benzene rings is 11. The molecule has 0 atom stereocenters. The van der Waals surface area contributed by atoms with Gasteiger partial charge in [-0.25, -0.2) is 0 Å². The zero-order chi connectivity index (χ0) is 44.7. The van der Waals surface area contributed by atoms with E-state index in [0.717, 1.165) is 61.4 Å². The van der Waals surface area contributed by atoms with Gasteiger partial charge in [-0.3, -0.25) is 0 Å². The Labute approximate surface area is 396 Å². The van der Waals surface area contributed by atoms with E-state index >= 15 is 0 Å². The van der Waals surface area contributed by atoms with E-state index in [2.05, 4.69) is 252 Å². The second-order valence-corrected chi connectivity index (χ2v) is 18.8. The van der Waals surface area contributed by atoms with E-state index in [4.69, 9.17) is 4.42 Å². The molecule has 4 heteroatoms. The molecule has 0 radical (unpaired) electrons. The number of aromatic nitrogens is 1. The largest absolute Gasteiger partial charge is 0.455 e. The van der Waals surface area contributed by atoms with Crippen LogP contribution < -0.4 is 4.90 Å². The standard InChI is InChI=1S/C64H40N2OS/c1-2-13-44-36-46(25-24-41(44)12-1)45-14-11-15-50(37-45)65(48-31-26-42(27-32-48)47-30-35-63-57(38-47)55-19-6-10-23-62(55)68-63)51-39-56(64-58(40-51)54-18-5-9-22-61(54)67-64)43-28-33-49(34-29-43)66-59-20-7-3-16-52(59)53-17-4-8-21-60(53)66/h1-40H. The first-order chi connectivity index (χ1) is 33.7. The van der Waals surface area contributed by atoms with E-state index in [1.165, 1.54) is 69.4 Å². The molecule has 0 saturated carbocycles. The SMILES string of the molecule is c1cc(-c2ccc3ccccc3c2)cc(N(c2ccc(-c3ccc4sc5ccccc5c4c3)cc2)c2cc(-c3ccc(-n4c5ccccc5c5ccccc54)cc3)c3oc4ccccc4c3c2)c1. The molecule has 0 N–H and O–H groups in total. The van der Waals surface area contributed by atoms with Crippen molar-refractivity contribution in [3.8, 4) is 39.1 Å². The Morgan fingerprint density at radius 2 is 0.956 bits per heavy atom. The van der Waals surface area contributed by atoms with Crippen molar-refractivity contribution in [2.24, 2.45) is 0 Å². The molecule has 0 bridgehead atoms. The maximum atomic E-state index is 6.81. The van der Waals surface area contributed by atoms with Crippen molar-refractivity contribution in [2.45, 2.75) is 0 Å². The Bertz CT molecular complexity index is 4210. The summed E-state index contributed by atoms with van der Waals surface area (Å²) in [6.07, 6.45) is 0. The van der Waals surface area contributed by atoms with Gasteiger partial charge in [0.15, 0.2) is 0 Å². The van der Waals surface area contributed by atoms with Crippen LogP contribution in [-0.4, -0.2) is 4.57 Å². The normalized spacial score (nSPS) is 11.8. The van der Waals surface area contributed by atoms with E-state index in [0.29, 0.717) is 0 Å². The molecule has 0 fully saturated rings. The van der Waals surface area contributed by atoms with Crippen LogP contribution >= 0.6 is 11.3 Å². The lowest BCUT2D eigenvalue weighted by Gasteiger charge is -2.27. The van der Waals surface area contributed by atoms with Gasteiger partial charge in [0.1, 0.15) is 11.2 Å². The first-order valence-electron chi connectivity index (χ1n) is 23.1. The lowest BCUT2D eigenvalue weighted by molar-refractivity contribution is 0.670. The number of hydrogen-bond donors (Lipinski definition) is 0. The molecule has 0 saturated heterocycles. The second kappa shape index (κ2) is 15.5. The highest BCUT2D eigenvalue weighted by Gasteiger charge is 2.21. The topological polar surface area (TPSA) is 21.3 Å². The summed E-state index contributed by atoms with van der Waals surface area (Å²) in [7, 11) is 0. The van der Waals surface area contributed by atoms with E-state index in [-0.39, 0.29) is 0 Å². The third kappa shape index (κ3) is 6.26. The van der Waals surface area contributed by atoms with Crippen molar-refractivity contribution in [3.05, 3.63) is 243 Å². The Hall–Kier alpha value is -8.70. The van der Waals surface area contributed by atoms with Crippen molar-refractivity contribution >= 4 is 103 Å². The molecule has 0 spiro atoms. The highest BCUT2D eigenvalue weighted by atomic mass is 32.1. The van der Waals surface area contributed by atoms with Gasteiger partial charge in [-0.2, -0.15) is 0 Å². The molecular weight excluding hydrogens is 845 g/mol. The van der Waals surface area contributed by atoms with E-state index in [1.807, 2.05) is 11.3 Å². The molecule has 14 aromatic rings. The van der Waals surface area contributed by atoms with Crippen LogP contribution in [0.5, 0.6) is 0 Å². The van der Waals surface area contributed by atoms with Gasteiger partial charge in [0, 0.05) is 70.0 Å². The Balaban J connectivity index is 0.943. The number of rotatable bonds is 7. The maximum Gasteiger partial charge on any atom is 0.143 e. The quantitative estimate of drug-likeness (QED) is 0.159. The van der Waals surface area contributed by atoms with Crippen molar-refractivity contribution in [2.75, 3.05) is 4.90 Å². The minimum Gasteiger partial charge on any atom is -0.455 e. The number of nitrogens with zero attached hydrogens (tertiary/aromatic N) is 2. The molecule has 11 aromatic carbocycles. The van der Waals surface area contributed by atoms with Gasteiger partial charge >= 0.3 is 0 Å². The number of para-hydroxylation sites is 3. The lowest BCUT2D eigenvalue weighted by Crippen LogP contribution is -2.10. The summed E-state index contributed by atoms with van der Waals surface area (Å²) < 4.78 is 11.8. The minimum atomic E-state index is 0.868. The Morgan fingerprint density at radius 3 is 1.76 bits per heavy atom. The third-order valence-corrected chi connectivity index (χ3v) is 14.9. The number of anilines is 3. The molecule has 0 unspecified atom stereocenters. The molecule has 14 rings (SSSR count). The van der Waals surface area contributed by atoms with Crippen molar-refractivity contribution < 1.29 is 4.42 Å². The number of hydrogen-bond acceptors (Lipinski definition) is 3. The molecule has 318 valence electrons. The molecule has 68 heavy (non-hydrogen) atoms. The van der Waals surface area contributed by atoms with E-state index < -0.39 is 0 Å². The fourth-order valence-electron chi connectivity index (χ4n) is 10.5. The van der Waals surface area contributed by atoms with Gasteiger partial charge in [-0.1, -0.05) is 152 Å². The van der Waals surface area contributed by atoms with Crippen LogP contribution in [0.1, 0.15) is 0 Å². The summed E-state index contributed by atoms with van der Waals surface area (Å²) in [5.74, 6) is 0. The predicted molar refractivity (Wildman–Crippen MR) is 289 cm³/mol. The Kier molecular flexibility index (Phi) is 8.76. The minimum absolute atomic E-state index is 0.868. The number of furan rings is 1. The highest BCUT2D eigenvalue weighted by molar-refractivity contribution is 7.25. The highest BCUT2D eigenvalue weighted by Crippen LogP contribution is 2.45. The van der Waals surface area contributed by atoms with Gasteiger partial charge in [0.2, 0.25) is 0 Å². The van der Waals surface area contributed by atoms with Crippen LogP contribution in [0.25, 0.3) is 114 Å². The van der Waals surface area contributed by atoms with E-state index in [1.54, 1.807) is 0 Å². The summed E-state index contributed by atoms with van der Waals surface area (Å²) in [5.41, 5.74) is 15.2. The zero-order valence-electron chi connectivity index (χ0n) is 36.8.